The van der Waals surface area contributed by atoms with Crippen molar-refractivity contribution in [2.24, 2.45) is 17.3 Å². The van der Waals surface area contributed by atoms with Gasteiger partial charge in [-0.1, -0.05) is 19.2 Å². The summed E-state index contributed by atoms with van der Waals surface area (Å²) >= 11 is 0. The molecule has 2 aliphatic heterocycles. The second-order valence-corrected chi connectivity index (χ2v) is 6.29. The first kappa shape index (κ1) is 15.5. The average Bonchev–Trinajstić information content (AvgIpc) is 2.78. The highest BCUT2D eigenvalue weighted by Crippen LogP contribution is 2.55. The molecule has 0 aromatic heterocycles. The van der Waals surface area contributed by atoms with E-state index in [1.165, 1.54) is 6.92 Å². The molecule has 122 valence electrons. The quantitative estimate of drug-likeness (QED) is 0.331. The number of rotatable bonds is 2. The summed E-state index contributed by atoms with van der Waals surface area (Å²) in [6.45, 7) is 12.8. The highest BCUT2D eigenvalue weighted by atomic mass is 16.6. The Kier molecular flexibility index (Phi) is 3.43. The summed E-state index contributed by atoms with van der Waals surface area (Å²) in [5.74, 6) is -2.45. The van der Waals surface area contributed by atoms with Crippen molar-refractivity contribution in [1.29, 1.82) is 0 Å². The van der Waals surface area contributed by atoms with Crippen LogP contribution in [0.4, 0.5) is 0 Å². The lowest BCUT2D eigenvalue weighted by Crippen LogP contribution is -2.57. The topological polar surface area (TPSA) is 78.9 Å². The number of carbonyl (C=O) groups is 3. The fraction of sp³-hybridized carbons (Fsp3) is 0.471. The molecule has 0 bridgehead atoms. The summed E-state index contributed by atoms with van der Waals surface area (Å²) in [5, 5.41) is 0. The third-order valence-electron chi connectivity index (χ3n) is 5.02. The van der Waals surface area contributed by atoms with E-state index in [-0.39, 0.29) is 17.8 Å². The zero-order valence-electron chi connectivity index (χ0n) is 12.9. The highest BCUT2D eigenvalue weighted by molar-refractivity contribution is 5.93. The van der Waals surface area contributed by atoms with E-state index in [1.54, 1.807) is 6.08 Å². The van der Waals surface area contributed by atoms with Gasteiger partial charge in [-0.2, -0.15) is 0 Å². The molecule has 2 saturated heterocycles. The van der Waals surface area contributed by atoms with Gasteiger partial charge in [0.1, 0.15) is 18.8 Å². The standard InChI is InChI=1S/C17H18O6/c1-5-17-6-11(22-10(4)18)12-8(2)16(20)23-14(12)13(17)9(3)15(19)21-7-17/h5,11-14H,1-3,6-7H2,4H3. The molecule has 0 N–H and O–H groups in total. The van der Waals surface area contributed by atoms with E-state index in [1.807, 2.05) is 0 Å². The van der Waals surface area contributed by atoms with Gasteiger partial charge in [0.05, 0.1) is 5.92 Å². The van der Waals surface area contributed by atoms with Crippen molar-refractivity contribution in [3.8, 4) is 0 Å². The van der Waals surface area contributed by atoms with Crippen LogP contribution in [0.2, 0.25) is 0 Å². The van der Waals surface area contributed by atoms with Crippen molar-refractivity contribution in [1.82, 2.24) is 0 Å². The normalized spacial score (nSPS) is 39.0. The molecule has 0 aromatic rings. The molecule has 6 nitrogen and oxygen atoms in total. The zero-order chi connectivity index (χ0) is 16.9. The second kappa shape index (κ2) is 5.08. The van der Waals surface area contributed by atoms with Crippen molar-refractivity contribution < 1.29 is 28.6 Å². The number of cyclic esters (lactones) is 1. The van der Waals surface area contributed by atoms with Gasteiger partial charge in [0, 0.05) is 29.4 Å². The summed E-state index contributed by atoms with van der Waals surface area (Å²) < 4.78 is 16.1. The third-order valence-corrected chi connectivity index (χ3v) is 5.02. The van der Waals surface area contributed by atoms with Crippen LogP contribution in [0.5, 0.6) is 0 Å². The molecule has 23 heavy (non-hydrogen) atoms. The average molecular weight is 318 g/mol. The second-order valence-electron chi connectivity index (χ2n) is 6.29. The van der Waals surface area contributed by atoms with Crippen molar-refractivity contribution >= 4 is 17.9 Å². The van der Waals surface area contributed by atoms with E-state index in [9.17, 15) is 14.4 Å². The predicted octanol–water partition coefficient (Wildman–Crippen LogP) is 1.32. The molecule has 5 atom stereocenters. The third kappa shape index (κ3) is 2.12. The summed E-state index contributed by atoms with van der Waals surface area (Å²) in [5.41, 5.74) is -0.183. The SMILES string of the molecule is C=CC12COC(=O)C(=C)C1C1OC(=O)C(=C)C1C(OC(C)=O)C2. The van der Waals surface area contributed by atoms with E-state index in [2.05, 4.69) is 19.7 Å². The van der Waals surface area contributed by atoms with Crippen molar-refractivity contribution in [2.75, 3.05) is 6.61 Å². The van der Waals surface area contributed by atoms with Gasteiger partial charge in [-0.25, -0.2) is 9.59 Å². The zero-order valence-corrected chi connectivity index (χ0v) is 12.9. The minimum atomic E-state index is -0.683. The van der Waals surface area contributed by atoms with Crippen molar-refractivity contribution in [2.45, 2.75) is 25.6 Å². The highest BCUT2D eigenvalue weighted by Gasteiger charge is 2.62. The van der Waals surface area contributed by atoms with Crippen LogP contribution in [0, 0.1) is 17.3 Å². The van der Waals surface area contributed by atoms with Crippen molar-refractivity contribution in [3.05, 3.63) is 37.0 Å². The minimum Gasteiger partial charge on any atom is -0.462 e. The van der Waals surface area contributed by atoms with Gasteiger partial charge >= 0.3 is 17.9 Å². The van der Waals surface area contributed by atoms with Crippen LogP contribution in [-0.2, 0) is 28.6 Å². The molecule has 0 aromatic carbocycles. The Morgan fingerprint density at radius 2 is 2.00 bits per heavy atom. The van der Waals surface area contributed by atoms with Gasteiger partial charge in [-0.15, -0.1) is 6.58 Å². The lowest BCUT2D eigenvalue weighted by atomic mass is 9.57. The van der Waals surface area contributed by atoms with E-state index in [4.69, 9.17) is 14.2 Å². The first-order chi connectivity index (χ1) is 10.8. The van der Waals surface area contributed by atoms with Crippen LogP contribution < -0.4 is 0 Å². The fourth-order valence-corrected chi connectivity index (χ4v) is 3.98. The molecule has 3 aliphatic rings. The van der Waals surface area contributed by atoms with Crippen LogP contribution >= 0.6 is 0 Å². The Balaban J connectivity index is 2.08. The van der Waals surface area contributed by atoms with Gasteiger partial charge in [-0.3, -0.25) is 4.79 Å². The van der Waals surface area contributed by atoms with Crippen LogP contribution in [0.25, 0.3) is 0 Å². The maximum absolute atomic E-state index is 12.0. The minimum absolute atomic E-state index is 0.0873. The maximum atomic E-state index is 12.0. The number of carbonyl (C=O) groups excluding carboxylic acids is 3. The van der Waals surface area contributed by atoms with E-state index < -0.39 is 47.4 Å². The van der Waals surface area contributed by atoms with Gasteiger partial charge in [0.25, 0.3) is 0 Å². The summed E-state index contributed by atoms with van der Waals surface area (Å²) in [7, 11) is 0. The van der Waals surface area contributed by atoms with Gasteiger partial charge < -0.3 is 14.2 Å². The largest absolute Gasteiger partial charge is 0.462 e. The van der Waals surface area contributed by atoms with E-state index in [0.29, 0.717) is 6.42 Å². The van der Waals surface area contributed by atoms with Gasteiger partial charge in [0.15, 0.2) is 0 Å². The van der Waals surface area contributed by atoms with Gasteiger partial charge in [-0.05, 0) is 6.42 Å². The first-order valence-corrected chi connectivity index (χ1v) is 7.37. The molecule has 2 heterocycles. The number of esters is 3. The molecule has 3 rings (SSSR count). The Labute approximate surface area is 133 Å². The summed E-state index contributed by atoms with van der Waals surface area (Å²) in [4.78, 5) is 35.4. The number of hydrogen-bond acceptors (Lipinski definition) is 6. The molecular weight excluding hydrogens is 300 g/mol. The predicted molar refractivity (Wildman–Crippen MR) is 78.9 cm³/mol. The molecule has 0 amide bonds. The Morgan fingerprint density at radius 3 is 2.61 bits per heavy atom. The lowest BCUT2D eigenvalue weighted by Gasteiger charge is -2.51. The molecule has 5 unspecified atom stereocenters. The Morgan fingerprint density at radius 1 is 1.30 bits per heavy atom. The maximum Gasteiger partial charge on any atom is 0.334 e. The molecule has 0 spiro atoms. The summed E-state index contributed by atoms with van der Waals surface area (Å²) in [6.07, 6.45) is 0.794. The Bertz CT molecular complexity index is 647. The van der Waals surface area contributed by atoms with Crippen LogP contribution in [-0.4, -0.2) is 36.7 Å². The van der Waals surface area contributed by atoms with Crippen LogP contribution in [0.3, 0.4) is 0 Å². The molecule has 0 radical (unpaired) electrons. The van der Waals surface area contributed by atoms with E-state index >= 15 is 0 Å². The molecule has 1 saturated carbocycles. The lowest BCUT2D eigenvalue weighted by molar-refractivity contribution is -0.177. The number of fused-ring (bicyclic) bond motifs is 3. The van der Waals surface area contributed by atoms with Crippen LogP contribution in [0.15, 0.2) is 37.0 Å². The van der Waals surface area contributed by atoms with Crippen molar-refractivity contribution in [3.63, 3.8) is 0 Å². The van der Waals surface area contributed by atoms with E-state index in [0.717, 1.165) is 0 Å². The molecule has 3 fully saturated rings. The number of ether oxygens (including phenoxy) is 3. The first-order valence-electron chi connectivity index (χ1n) is 7.37. The molecule has 1 aliphatic carbocycles. The number of hydrogen-bond donors (Lipinski definition) is 0. The van der Waals surface area contributed by atoms with Crippen LogP contribution in [0.1, 0.15) is 13.3 Å². The monoisotopic (exact) mass is 318 g/mol. The Hall–Kier alpha value is -2.37. The summed E-state index contributed by atoms with van der Waals surface area (Å²) in [6, 6.07) is 0. The molecular formula is C17H18O6. The smallest absolute Gasteiger partial charge is 0.334 e. The molecule has 6 heteroatoms. The van der Waals surface area contributed by atoms with Gasteiger partial charge in [0.2, 0.25) is 0 Å². The fourth-order valence-electron chi connectivity index (χ4n) is 3.98.